The number of thiophene rings is 1. The van der Waals surface area contributed by atoms with E-state index in [1.165, 1.54) is 29.2 Å². The predicted molar refractivity (Wildman–Crippen MR) is 123 cm³/mol. The van der Waals surface area contributed by atoms with Gasteiger partial charge in [0, 0.05) is 17.9 Å². The quantitative estimate of drug-likeness (QED) is 0.376. The van der Waals surface area contributed by atoms with Crippen molar-refractivity contribution in [2.24, 2.45) is 0 Å². The minimum absolute atomic E-state index is 0.229. The van der Waals surface area contributed by atoms with E-state index in [1.807, 2.05) is 17.5 Å². The molecule has 1 aromatic carbocycles. The first-order chi connectivity index (χ1) is 16.0. The van der Waals surface area contributed by atoms with Gasteiger partial charge in [0.25, 0.3) is 11.6 Å². The van der Waals surface area contributed by atoms with Gasteiger partial charge >= 0.3 is 5.97 Å². The summed E-state index contributed by atoms with van der Waals surface area (Å²) in [5.74, 6) is -0.746. The minimum atomic E-state index is -0.672. The zero-order valence-corrected chi connectivity index (χ0v) is 19.1. The number of hydrogen-bond acceptors (Lipinski definition) is 8. The highest BCUT2D eigenvalue weighted by Gasteiger charge is 2.33. The van der Waals surface area contributed by atoms with Crippen LogP contribution in [0, 0.1) is 12.7 Å². The first kappa shape index (κ1) is 21.6. The summed E-state index contributed by atoms with van der Waals surface area (Å²) in [7, 11) is 0. The summed E-state index contributed by atoms with van der Waals surface area (Å²) in [6.45, 7) is 1.71. The number of rotatable bonds is 5. The van der Waals surface area contributed by atoms with Gasteiger partial charge in [-0.3, -0.25) is 4.79 Å². The largest absolute Gasteiger partial charge is 0.452 e. The van der Waals surface area contributed by atoms with E-state index in [0.29, 0.717) is 34.6 Å². The number of nitrogens with zero attached hydrogens (tertiary/aromatic N) is 3. The Labute approximate surface area is 196 Å². The van der Waals surface area contributed by atoms with Crippen LogP contribution in [0.2, 0.25) is 0 Å². The van der Waals surface area contributed by atoms with E-state index < -0.39 is 18.0 Å². The lowest BCUT2D eigenvalue weighted by Crippen LogP contribution is -2.34. The molecular formula is C23H18FN3O4S2. The zero-order valence-electron chi connectivity index (χ0n) is 17.5. The number of aryl methyl sites for hydroxylation is 1. The average molecular weight is 484 g/mol. The Bertz CT molecular complexity index is 1340. The molecule has 1 aliphatic rings. The highest BCUT2D eigenvalue weighted by atomic mass is 32.2. The van der Waals surface area contributed by atoms with Crippen LogP contribution in [0.5, 0.6) is 0 Å². The lowest BCUT2D eigenvalue weighted by molar-refractivity contribution is -0.134. The van der Waals surface area contributed by atoms with E-state index >= 15 is 0 Å². The van der Waals surface area contributed by atoms with Crippen LogP contribution in [0.1, 0.15) is 27.0 Å². The number of carbonyl (C=O) groups excluding carboxylic acids is 2. The number of benzene rings is 1. The SMILES string of the molecule is Cc1noc2nc(-c3cccs3)cc(C(=O)OCC(=O)N3CCS[C@@H]3c3ccccc3F)c12. The number of hydrogen-bond donors (Lipinski definition) is 0. The molecule has 1 aliphatic heterocycles. The molecule has 4 heterocycles. The first-order valence-corrected chi connectivity index (χ1v) is 12.1. The maximum absolute atomic E-state index is 14.3. The molecule has 1 saturated heterocycles. The van der Waals surface area contributed by atoms with E-state index in [0.717, 1.165) is 4.88 Å². The van der Waals surface area contributed by atoms with Gasteiger partial charge in [-0.05, 0) is 30.5 Å². The number of halogens is 1. The van der Waals surface area contributed by atoms with E-state index in [9.17, 15) is 14.0 Å². The highest BCUT2D eigenvalue weighted by Crippen LogP contribution is 2.39. The maximum Gasteiger partial charge on any atom is 0.339 e. The predicted octanol–water partition coefficient (Wildman–Crippen LogP) is 4.83. The third-order valence-corrected chi connectivity index (χ3v) is 7.45. The molecule has 3 aromatic heterocycles. The maximum atomic E-state index is 14.3. The Morgan fingerprint density at radius 1 is 1.27 bits per heavy atom. The number of thioether (sulfide) groups is 1. The summed E-state index contributed by atoms with van der Waals surface area (Å²) < 4.78 is 24.9. The van der Waals surface area contributed by atoms with E-state index in [4.69, 9.17) is 9.26 Å². The second kappa shape index (κ2) is 8.95. The Balaban J connectivity index is 1.36. The molecule has 1 atom stereocenters. The molecule has 168 valence electrons. The van der Waals surface area contributed by atoms with Crippen molar-refractivity contribution in [3.63, 3.8) is 0 Å². The molecule has 0 radical (unpaired) electrons. The van der Waals surface area contributed by atoms with Gasteiger partial charge in [-0.1, -0.05) is 29.4 Å². The second-order valence-corrected chi connectivity index (χ2v) is 9.52. The average Bonchev–Trinajstić information content (AvgIpc) is 3.58. The molecule has 33 heavy (non-hydrogen) atoms. The molecule has 1 amide bonds. The molecule has 5 rings (SSSR count). The first-order valence-electron chi connectivity index (χ1n) is 10.2. The summed E-state index contributed by atoms with van der Waals surface area (Å²) in [6.07, 6.45) is 0. The summed E-state index contributed by atoms with van der Waals surface area (Å²) in [4.78, 5) is 32.7. The molecular weight excluding hydrogens is 465 g/mol. The number of amides is 1. The molecule has 0 bridgehead atoms. The van der Waals surface area contributed by atoms with Gasteiger partial charge in [0.05, 0.1) is 27.2 Å². The molecule has 10 heteroatoms. The number of carbonyl (C=O) groups is 2. The molecule has 7 nitrogen and oxygen atoms in total. The van der Waals surface area contributed by atoms with E-state index in [-0.39, 0.29) is 23.0 Å². The Hall–Kier alpha value is -3.24. The van der Waals surface area contributed by atoms with Gasteiger partial charge in [0.1, 0.15) is 11.2 Å². The molecule has 0 N–H and O–H groups in total. The summed E-state index contributed by atoms with van der Waals surface area (Å²) in [5, 5.41) is 5.83. The Morgan fingerprint density at radius 3 is 2.91 bits per heavy atom. The van der Waals surface area contributed by atoms with Gasteiger partial charge in [0.2, 0.25) is 0 Å². The number of fused-ring (bicyclic) bond motifs is 1. The summed E-state index contributed by atoms with van der Waals surface area (Å²) >= 11 is 2.95. The van der Waals surface area contributed by atoms with E-state index in [1.54, 1.807) is 36.1 Å². The van der Waals surface area contributed by atoms with Gasteiger partial charge < -0.3 is 14.2 Å². The summed E-state index contributed by atoms with van der Waals surface area (Å²) in [5.41, 5.74) is 1.96. The lowest BCUT2D eigenvalue weighted by Gasteiger charge is -2.24. The van der Waals surface area contributed by atoms with Crippen molar-refractivity contribution in [2.45, 2.75) is 12.3 Å². The fourth-order valence-electron chi connectivity index (χ4n) is 3.75. The topological polar surface area (TPSA) is 85.5 Å². The molecule has 0 aliphatic carbocycles. The van der Waals surface area contributed by atoms with Crippen molar-refractivity contribution >= 4 is 46.1 Å². The van der Waals surface area contributed by atoms with Crippen molar-refractivity contribution in [3.8, 4) is 10.6 Å². The van der Waals surface area contributed by atoms with Crippen molar-refractivity contribution in [1.82, 2.24) is 15.0 Å². The molecule has 0 saturated carbocycles. The third-order valence-electron chi connectivity index (χ3n) is 5.32. The normalized spacial score (nSPS) is 15.8. The molecule has 0 unspecified atom stereocenters. The smallest absolute Gasteiger partial charge is 0.339 e. The van der Waals surface area contributed by atoms with Crippen LogP contribution in [-0.4, -0.2) is 45.8 Å². The van der Waals surface area contributed by atoms with Crippen molar-refractivity contribution in [2.75, 3.05) is 18.9 Å². The number of pyridine rings is 1. The second-order valence-electron chi connectivity index (χ2n) is 7.39. The standard InChI is InChI=1S/C23H18FN3O4S2/c1-13-20-15(11-17(18-7-4-9-32-18)25-21(20)31-26-13)23(29)30-12-19(28)27-8-10-33-22(27)14-5-2-3-6-16(14)24/h2-7,9,11,22H,8,10,12H2,1H3/t22-/m1/s1. The number of esters is 1. The fraction of sp³-hybridized carbons (Fsp3) is 0.217. The minimum Gasteiger partial charge on any atom is -0.452 e. The van der Waals surface area contributed by atoms with Crippen molar-refractivity contribution in [1.29, 1.82) is 0 Å². The lowest BCUT2D eigenvalue weighted by atomic mass is 10.1. The van der Waals surface area contributed by atoms with Gasteiger partial charge in [-0.15, -0.1) is 23.1 Å². The van der Waals surface area contributed by atoms with E-state index in [2.05, 4.69) is 10.1 Å². The van der Waals surface area contributed by atoms with Crippen molar-refractivity contribution < 1.29 is 23.2 Å². The summed E-state index contributed by atoms with van der Waals surface area (Å²) in [6, 6.07) is 11.8. The fourth-order valence-corrected chi connectivity index (χ4v) is 5.74. The number of ether oxygens (including phenoxy) is 1. The van der Waals surface area contributed by atoms with Gasteiger partial charge in [-0.25, -0.2) is 14.2 Å². The van der Waals surface area contributed by atoms with Gasteiger partial charge in [-0.2, -0.15) is 0 Å². The molecule has 4 aromatic rings. The van der Waals surface area contributed by atoms with Crippen LogP contribution in [0.3, 0.4) is 0 Å². The van der Waals surface area contributed by atoms with Crippen LogP contribution in [0.4, 0.5) is 4.39 Å². The van der Waals surface area contributed by atoms with Crippen LogP contribution >= 0.6 is 23.1 Å². The van der Waals surface area contributed by atoms with Crippen LogP contribution in [0.25, 0.3) is 21.7 Å². The Morgan fingerprint density at radius 2 is 2.12 bits per heavy atom. The third kappa shape index (κ3) is 4.11. The zero-order chi connectivity index (χ0) is 22.9. The van der Waals surface area contributed by atoms with Crippen LogP contribution < -0.4 is 0 Å². The monoisotopic (exact) mass is 483 g/mol. The molecule has 1 fully saturated rings. The number of aromatic nitrogens is 2. The van der Waals surface area contributed by atoms with Crippen LogP contribution in [-0.2, 0) is 9.53 Å². The molecule has 0 spiro atoms. The highest BCUT2D eigenvalue weighted by molar-refractivity contribution is 7.99. The van der Waals surface area contributed by atoms with Gasteiger partial charge in [0.15, 0.2) is 6.61 Å². The Kier molecular flexibility index (Phi) is 5.86. The van der Waals surface area contributed by atoms with Crippen LogP contribution in [0.15, 0.2) is 52.4 Å². The van der Waals surface area contributed by atoms with Crippen molar-refractivity contribution in [3.05, 3.63) is 70.5 Å².